The quantitative estimate of drug-likeness (QED) is 0.666. The van der Waals surface area contributed by atoms with Gasteiger partial charge in [0.2, 0.25) is 0 Å². The lowest BCUT2D eigenvalue weighted by atomic mass is 9.79. The minimum atomic E-state index is -0.718. The lowest BCUT2D eigenvalue weighted by molar-refractivity contribution is -0.135. The van der Waals surface area contributed by atoms with Gasteiger partial charge >= 0.3 is 0 Å². The van der Waals surface area contributed by atoms with Gasteiger partial charge < -0.3 is 20.5 Å². The molecule has 1 atom stereocenters. The van der Waals surface area contributed by atoms with E-state index >= 15 is 0 Å². The molecule has 5 heteroatoms. The zero-order valence-electron chi connectivity index (χ0n) is 11.1. The van der Waals surface area contributed by atoms with Crippen LogP contribution in [-0.2, 0) is 9.53 Å². The molecule has 0 bridgehead atoms. The number of hydrogen-bond donors (Lipinski definition) is 3. The monoisotopic (exact) mass is 256 g/mol. The molecule has 5 nitrogen and oxygen atoms in total. The molecular weight excluding hydrogens is 232 g/mol. The van der Waals surface area contributed by atoms with E-state index in [1.807, 2.05) is 0 Å². The molecule has 3 N–H and O–H groups in total. The Bertz CT molecular complexity index is 282. The standard InChI is InChI=1S/C13H24N2O3/c1-10-2-4-13(17,5-3-10)9-15-12(16)11-8-14-6-7-18-11/h10-11,14,17H,2-9H2,1H3,(H,15,16). The van der Waals surface area contributed by atoms with Gasteiger partial charge in [-0.2, -0.15) is 0 Å². The van der Waals surface area contributed by atoms with Crippen LogP contribution in [0.4, 0.5) is 0 Å². The van der Waals surface area contributed by atoms with Crippen LogP contribution in [0, 0.1) is 5.92 Å². The van der Waals surface area contributed by atoms with Crippen LogP contribution in [0.25, 0.3) is 0 Å². The van der Waals surface area contributed by atoms with Crippen LogP contribution < -0.4 is 10.6 Å². The summed E-state index contributed by atoms with van der Waals surface area (Å²) in [6.07, 6.45) is 3.21. The van der Waals surface area contributed by atoms with Crippen LogP contribution in [0.5, 0.6) is 0 Å². The second-order valence-corrected chi connectivity index (χ2v) is 5.69. The highest BCUT2D eigenvalue weighted by atomic mass is 16.5. The average molecular weight is 256 g/mol. The van der Waals surface area contributed by atoms with Gasteiger partial charge in [0, 0.05) is 19.6 Å². The van der Waals surface area contributed by atoms with Crippen LogP contribution in [0.15, 0.2) is 0 Å². The maximum Gasteiger partial charge on any atom is 0.250 e. The van der Waals surface area contributed by atoms with Crippen molar-refractivity contribution in [1.82, 2.24) is 10.6 Å². The summed E-state index contributed by atoms with van der Waals surface area (Å²) in [7, 11) is 0. The maximum atomic E-state index is 11.9. The van der Waals surface area contributed by atoms with Gasteiger partial charge in [-0.05, 0) is 31.6 Å². The molecule has 0 aromatic carbocycles. The van der Waals surface area contributed by atoms with E-state index in [-0.39, 0.29) is 5.91 Å². The fourth-order valence-electron chi connectivity index (χ4n) is 2.58. The van der Waals surface area contributed by atoms with Crippen LogP contribution >= 0.6 is 0 Å². The van der Waals surface area contributed by atoms with Gasteiger partial charge in [0.1, 0.15) is 6.10 Å². The predicted molar refractivity (Wildman–Crippen MR) is 68.2 cm³/mol. The molecule has 1 saturated heterocycles. The summed E-state index contributed by atoms with van der Waals surface area (Å²) in [6.45, 7) is 4.48. The summed E-state index contributed by atoms with van der Waals surface area (Å²) in [4.78, 5) is 11.9. The van der Waals surface area contributed by atoms with E-state index in [1.54, 1.807) is 0 Å². The zero-order chi connectivity index (χ0) is 13.0. The summed E-state index contributed by atoms with van der Waals surface area (Å²) < 4.78 is 5.37. The number of ether oxygens (including phenoxy) is 1. The van der Waals surface area contributed by atoms with Gasteiger partial charge in [-0.25, -0.2) is 0 Å². The maximum absolute atomic E-state index is 11.9. The molecule has 1 aliphatic heterocycles. The normalized spacial score (nSPS) is 37.2. The first kappa shape index (κ1) is 13.8. The minimum absolute atomic E-state index is 0.116. The highest BCUT2D eigenvalue weighted by Crippen LogP contribution is 2.31. The van der Waals surface area contributed by atoms with Gasteiger partial charge in [-0.3, -0.25) is 4.79 Å². The first-order chi connectivity index (χ1) is 8.59. The smallest absolute Gasteiger partial charge is 0.250 e. The summed E-state index contributed by atoms with van der Waals surface area (Å²) in [5.41, 5.74) is -0.718. The Labute approximate surface area is 108 Å². The van der Waals surface area contributed by atoms with Crippen molar-refractivity contribution in [3.8, 4) is 0 Å². The summed E-state index contributed by atoms with van der Waals surface area (Å²) in [5, 5.41) is 16.3. The van der Waals surface area contributed by atoms with Crippen molar-refractivity contribution in [2.45, 2.75) is 44.3 Å². The Morgan fingerprint density at radius 2 is 2.22 bits per heavy atom. The Morgan fingerprint density at radius 1 is 1.50 bits per heavy atom. The van der Waals surface area contributed by atoms with Crippen LogP contribution in [0.1, 0.15) is 32.6 Å². The third-order valence-corrected chi connectivity index (χ3v) is 4.02. The molecule has 1 heterocycles. The molecule has 2 fully saturated rings. The Kier molecular flexibility index (Phi) is 4.59. The molecule has 1 saturated carbocycles. The van der Waals surface area contributed by atoms with Crippen LogP contribution in [0.2, 0.25) is 0 Å². The van der Waals surface area contributed by atoms with Crippen LogP contribution in [-0.4, -0.2) is 49.0 Å². The first-order valence-corrected chi connectivity index (χ1v) is 6.91. The number of nitrogens with one attached hydrogen (secondary N) is 2. The number of carbonyl (C=O) groups excluding carboxylic acids is 1. The molecule has 0 aromatic heterocycles. The van der Waals surface area contributed by atoms with Crippen molar-refractivity contribution in [1.29, 1.82) is 0 Å². The highest BCUT2D eigenvalue weighted by molar-refractivity contribution is 5.81. The number of amides is 1. The number of rotatable bonds is 3. The van der Waals surface area contributed by atoms with Crippen molar-refractivity contribution in [3.63, 3.8) is 0 Å². The third kappa shape index (κ3) is 3.67. The summed E-state index contributed by atoms with van der Waals surface area (Å²) >= 11 is 0. The molecular formula is C13H24N2O3. The molecule has 0 aromatic rings. The van der Waals surface area contributed by atoms with E-state index in [9.17, 15) is 9.90 Å². The van der Waals surface area contributed by atoms with Crippen molar-refractivity contribution in [2.75, 3.05) is 26.2 Å². The molecule has 1 unspecified atom stereocenters. The van der Waals surface area contributed by atoms with E-state index < -0.39 is 11.7 Å². The SMILES string of the molecule is CC1CCC(O)(CNC(=O)C2CNCCO2)CC1. The van der Waals surface area contributed by atoms with Gasteiger partial charge in [0.15, 0.2) is 0 Å². The van der Waals surface area contributed by atoms with E-state index in [1.165, 1.54) is 0 Å². The van der Waals surface area contributed by atoms with E-state index in [4.69, 9.17) is 4.74 Å². The molecule has 2 rings (SSSR count). The first-order valence-electron chi connectivity index (χ1n) is 6.91. The molecule has 18 heavy (non-hydrogen) atoms. The molecule has 2 aliphatic rings. The molecule has 0 radical (unpaired) electrons. The van der Waals surface area contributed by atoms with Gasteiger partial charge in [0.05, 0.1) is 12.2 Å². The Balaban J connectivity index is 1.74. The number of hydrogen-bond acceptors (Lipinski definition) is 4. The molecule has 1 aliphatic carbocycles. The van der Waals surface area contributed by atoms with Crippen LogP contribution in [0.3, 0.4) is 0 Å². The highest BCUT2D eigenvalue weighted by Gasteiger charge is 2.33. The fraction of sp³-hybridized carbons (Fsp3) is 0.923. The van der Waals surface area contributed by atoms with Crippen molar-refractivity contribution in [2.24, 2.45) is 5.92 Å². The van der Waals surface area contributed by atoms with E-state index in [2.05, 4.69) is 17.6 Å². The fourth-order valence-corrected chi connectivity index (χ4v) is 2.58. The predicted octanol–water partition coefficient (Wildman–Crippen LogP) is 0.0322. The van der Waals surface area contributed by atoms with Gasteiger partial charge in [-0.15, -0.1) is 0 Å². The Hall–Kier alpha value is -0.650. The second-order valence-electron chi connectivity index (χ2n) is 5.69. The summed E-state index contributed by atoms with van der Waals surface area (Å²) in [6, 6.07) is 0. The Morgan fingerprint density at radius 3 is 2.83 bits per heavy atom. The van der Waals surface area contributed by atoms with E-state index in [0.29, 0.717) is 25.6 Å². The topological polar surface area (TPSA) is 70.6 Å². The third-order valence-electron chi connectivity index (χ3n) is 4.02. The largest absolute Gasteiger partial charge is 0.388 e. The minimum Gasteiger partial charge on any atom is -0.388 e. The van der Waals surface area contributed by atoms with Crippen molar-refractivity contribution >= 4 is 5.91 Å². The van der Waals surface area contributed by atoms with Gasteiger partial charge in [-0.1, -0.05) is 6.92 Å². The number of carbonyl (C=O) groups is 1. The van der Waals surface area contributed by atoms with Gasteiger partial charge in [0.25, 0.3) is 5.91 Å². The molecule has 1 amide bonds. The van der Waals surface area contributed by atoms with Crippen molar-refractivity contribution < 1.29 is 14.6 Å². The average Bonchev–Trinajstić information content (AvgIpc) is 2.41. The zero-order valence-corrected chi connectivity index (χ0v) is 11.1. The van der Waals surface area contributed by atoms with E-state index in [0.717, 1.165) is 32.2 Å². The molecule has 104 valence electrons. The second kappa shape index (κ2) is 5.99. The number of aliphatic hydroxyl groups is 1. The lowest BCUT2D eigenvalue weighted by Gasteiger charge is -2.35. The van der Waals surface area contributed by atoms with Crippen molar-refractivity contribution in [3.05, 3.63) is 0 Å². The molecule has 0 spiro atoms. The summed E-state index contributed by atoms with van der Waals surface area (Å²) in [5.74, 6) is 0.570. The lowest BCUT2D eigenvalue weighted by Crippen LogP contribution is -2.52. The number of morpholine rings is 1.